The molecule has 13 heteroatoms. The molecule has 0 saturated carbocycles. The monoisotopic (exact) mass is 485 g/mol. The minimum Gasteiger partial charge on any atom is -0.481 e. The summed E-state index contributed by atoms with van der Waals surface area (Å²) in [5.41, 5.74) is 11.1. The fraction of sp³-hybridized carbons (Fsp3) is 0.714. The van der Waals surface area contributed by atoms with E-state index in [4.69, 9.17) is 16.6 Å². The number of nitrogens with zero attached hydrogens (tertiary/aromatic N) is 1. The summed E-state index contributed by atoms with van der Waals surface area (Å²) in [6.07, 6.45) is 0.155. The van der Waals surface area contributed by atoms with Gasteiger partial charge < -0.3 is 37.2 Å². The molecule has 8 N–H and O–H groups in total. The number of aliphatic carboxylic acids is 2. The van der Waals surface area contributed by atoms with E-state index < -0.39 is 66.2 Å². The number of likely N-dealkylation sites (tertiary alicyclic amines) is 1. The van der Waals surface area contributed by atoms with Crippen molar-refractivity contribution in [1.29, 1.82) is 0 Å². The molecule has 1 saturated heterocycles. The normalized spacial score (nSPS) is 18.9. The van der Waals surface area contributed by atoms with Crippen molar-refractivity contribution in [2.24, 2.45) is 17.4 Å². The number of hydrogen-bond donors (Lipinski definition) is 6. The van der Waals surface area contributed by atoms with Crippen LogP contribution in [0.1, 0.15) is 58.8 Å². The Bertz CT molecular complexity index is 789. The molecule has 1 heterocycles. The molecular formula is C21H35N5O8. The minimum atomic E-state index is -1.33. The molecule has 1 fully saturated rings. The van der Waals surface area contributed by atoms with Gasteiger partial charge in [0.1, 0.15) is 18.1 Å². The Labute approximate surface area is 197 Å². The van der Waals surface area contributed by atoms with E-state index in [9.17, 15) is 33.9 Å². The van der Waals surface area contributed by atoms with Crippen molar-refractivity contribution in [3.05, 3.63) is 0 Å². The average molecular weight is 486 g/mol. The maximum Gasteiger partial charge on any atom is 0.326 e. The summed E-state index contributed by atoms with van der Waals surface area (Å²) < 4.78 is 0. The van der Waals surface area contributed by atoms with Gasteiger partial charge in [-0.25, -0.2) is 4.79 Å². The first kappa shape index (κ1) is 28.8. The van der Waals surface area contributed by atoms with E-state index in [0.717, 1.165) is 4.90 Å². The molecular weight excluding hydrogens is 450 g/mol. The summed E-state index contributed by atoms with van der Waals surface area (Å²) in [6, 6.07) is -4.58. The first-order chi connectivity index (χ1) is 15.9. The molecule has 0 aliphatic carbocycles. The summed E-state index contributed by atoms with van der Waals surface area (Å²) in [5, 5.41) is 23.3. The molecule has 192 valence electrons. The molecule has 4 amide bonds. The highest BCUT2D eigenvalue weighted by Crippen LogP contribution is 2.20. The smallest absolute Gasteiger partial charge is 0.326 e. The van der Waals surface area contributed by atoms with Gasteiger partial charge in [-0.05, 0) is 31.6 Å². The van der Waals surface area contributed by atoms with E-state index in [-0.39, 0.29) is 38.1 Å². The SMILES string of the molecule is CCC(C)C(N)C(=O)NC(CCC(N)=O)C(=O)NC(CCC(=O)O)C(=O)N1CCCC1C(=O)O. The number of carboxylic acids is 2. The standard InChI is InChI=1S/C21H35N5O8/c1-3-11(2)17(23)19(31)24-12(6-8-15(22)27)18(30)25-13(7-9-16(28)29)20(32)26-10-4-5-14(26)21(33)34/h11-14,17H,3-10,23H2,1-2H3,(H2,22,27)(H,24,31)(H,25,30)(H,28,29)(H,33,34). The molecule has 0 aromatic carbocycles. The van der Waals surface area contributed by atoms with E-state index in [1.165, 1.54) is 0 Å². The second-order valence-electron chi connectivity index (χ2n) is 8.50. The Hall–Kier alpha value is -3.22. The zero-order valence-corrected chi connectivity index (χ0v) is 19.5. The van der Waals surface area contributed by atoms with Crippen molar-refractivity contribution in [3.8, 4) is 0 Å². The number of carboxylic acid groups (broad SMARTS) is 2. The second kappa shape index (κ2) is 13.5. The molecule has 0 bridgehead atoms. The van der Waals surface area contributed by atoms with Crippen LogP contribution < -0.4 is 22.1 Å². The largest absolute Gasteiger partial charge is 0.481 e. The van der Waals surface area contributed by atoms with Crippen LogP contribution >= 0.6 is 0 Å². The van der Waals surface area contributed by atoms with E-state index in [1.807, 2.05) is 6.92 Å². The van der Waals surface area contributed by atoms with Crippen molar-refractivity contribution in [3.63, 3.8) is 0 Å². The van der Waals surface area contributed by atoms with Crippen molar-refractivity contribution in [2.75, 3.05) is 6.54 Å². The molecule has 1 rings (SSSR count). The van der Waals surface area contributed by atoms with Gasteiger partial charge >= 0.3 is 11.9 Å². The summed E-state index contributed by atoms with van der Waals surface area (Å²) in [6.45, 7) is 3.76. The highest BCUT2D eigenvalue weighted by atomic mass is 16.4. The van der Waals surface area contributed by atoms with E-state index >= 15 is 0 Å². The molecule has 34 heavy (non-hydrogen) atoms. The van der Waals surface area contributed by atoms with Crippen LogP contribution in [0.2, 0.25) is 0 Å². The number of amides is 4. The Morgan fingerprint density at radius 3 is 2.12 bits per heavy atom. The van der Waals surface area contributed by atoms with Gasteiger partial charge in [0.15, 0.2) is 0 Å². The molecule has 0 spiro atoms. The zero-order valence-electron chi connectivity index (χ0n) is 19.5. The first-order valence-corrected chi connectivity index (χ1v) is 11.3. The maximum atomic E-state index is 13.0. The van der Waals surface area contributed by atoms with E-state index in [0.29, 0.717) is 12.8 Å². The summed E-state index contributed by atoms with van der Waals surface area (Å²) in [5.74, 6) is -5.48. The van der Waals surface area contributed by atoms with Crippen LogP contribution in [0, 0.1) is 5.92 Å². The number of nitrogens with one attached hydrogen (secondary N) is 2. The fourth-order valence-electron chi connectivity index (χ4n) is 3.62. The quantitative estimate of drug-likeness (QED) is 0.169. The molecule has 1 aliphatic heterocycles. The van der Waals surface area contributed by atoms with Gasteiger partial charge in [0, 0.05) is 19.4 Å². The van der Waals surface area contributed by atoms with Gasteiger partial charge in [0.2, 0.25) is 23.6 Å². The summed E-state index contributed by atoms with van der Waals surface area (Å²) >= 11 is 0. The third-order valence-electron chi connectivity index (χ3n) is 5.95. The first-order valence-electron chi connectivity index (χ1n) is 11.3. The molecule has 13 nitrogen and oxygen atoms in total. The third kappa shape index (κ3) is 8.61. The highest BCUT2D eigenvalue weighted by Gasteiger charge is 2.38. The predicted octanol–water partition coefficient (Wildman–Crippen LogP) is -1.46. The van der Waals surface area contributed by atoms with E-state index in [1.54, 1.807) is 6.92 Å². The van der Waals surface area contributed by atoms with Crippen LogP contribution in [-0.2, 0) is 28.8 Å². The summed E-state index contributed by atoms with van der Waals surface area (Å²) in [7, 11) is 0. The molecule has 0 radical (unpaired) electrons. The molecule has 0 aromatic heterocycles. The van der Waals surface area contributed by atoms with Gasteiger partial charge in [-0.2, -0.15) is 0 Å². The minimum absolute atomic E-state index is 0.154. The lowest BCUT2D eigenvalue weighted by atomic mass is 9.98. The molecule has 5 atom stereocenters. The number of carbonyl (C=O) groups is 6. The predicted molar refractivity (Wildman–Crippen MR) is 119 cm³/mol. The zero-order chi connectivity index (χ0) is 26.0. The lowest BCUT2D eigenvalue weighted by Gasteiger charge is -2.29. The molecule has 0 aromatic rings. The van der Waals surface area contributed by atoms with Crippen LogP contribution in [-0.4, -0.2) is 81.4 Å². The van der Waals surface area contributed by atoms with Crippen LogP contribution in [0.3, 0.4) is 0 Å². The Kier molecular flexibility index (Phi) is 11.4. The van der Waals surface area contributed by atoms with Gasteiger partial charge in [0.05, 0.1) is 6.04 Å². The van der Waals surface area contributed by atoms with Crippen molar-refractivity contribution in [2.45, 2.75) is 83.0 Å². The lowest BCUT2D eigenvalue weighted by Crippen LogP contribution is -2.57. The van der Waals surface area contributed by atoms with Crippen LogP contribution in [0.4, 0.5) is 0 Å². The summed E-state index contributed by atoms with van der Waals surface area (Å²) in [4.78, 5) is 73.4. The Morgan fingerprint density at radius 2 is 1.59 bits per heavy atom. The maximum absolute atomic E-state index is 13.0. The average Bonchev–Trinajstić information content (AvgIpc) is 3.27. The lowest BCUT2D eigenvalue weighted by molar-refractivity contribution is -0.150. The fourth-order valence-corrected chi connectivity index (χ4v) is 3.62. The molecule has 5 unspecified atom stereocenters. The van der Waals surface area contributed by atoms with Crippen LogP contribution in [0.25, 0.3) is 0 Å². The number of primary amides is 1. The third-order valence-corrected chi connectivity index (χ3v) is 5.95. The van der Waals surface area contributed by atoms with Crippen molar-refractivity contribution in [1.82, 2.24) is 15.5 Å². The topological polar surface area (TPSA) is 222 Å². The number of nitrogens with two attached hydrogens (primary N) is 2. The number of carbonyl (C=O) groups excluding carboxylic acids is 4. The van der Waals surface area contributed by atoms with E-state index in [2.05, 4.69) is 10.6 Å². The van der Waals surface area contributed by atoms with Gasteiger partial charge in [-0.1, -0.05) is 20.3 Å². The number of hydrogen-bond acceptors (Lipinski definition) is 7. The van der Waals surface area contributed by atoms with Gasteiger partial charge in [0.25, 0.3) is 0 Å². The second-order valence-corrected chi connectivity index (χ2v) is 8.50. The van der Waals surface area contributed by atoms with Crippen molar-refractivity contribution < 1.29 is 39.0 Å². The Morgan fingerprint density at radius 1 is 1.00 bits per heavy atom. The number of rotatable bonds is 14. The van der Waals surface area contributed by atoms with Gasteiger partial charge in [-0.3, -0.25) is 24.0 Å². The Balaban J connectivity index is 3.06. The highest BCUT2D eigenvalue weighted by molar-refractivity contribution is 5.94. The van der Waals surface area contributed by atoms with Crippen LogP contribution in [0.15, 0.2) is 0 Å². The van der Waals surface area contributed by atoms with Crippen molar-refractivity contribution >= 4 is 35.6 Å². The van der Waals surface area contributed by atoms with Gasteiger partial charge in [-0.15, -0.1) is 0 Å². The molecule has 1 aliphatic rings. The van der Waals surface area contributed by atoms with Crippen LogP contribution in [0.5, 0.6) is 0 Å².